The molecule has 1 aromatic carbocycles. The molecule has 0 radical (unpaired) electrons. The van der Waals surface area contributed by atoms with E-state index in [1.165, 1.54) is 6.08 Å². The number of rotatable bonds is 11. The number of ether oxygens (including phenoxy) is 1. The molecule has 2 fully saturated rings. The Labute approximate surface area is 273 Å². The molecule has 242 valence electrons. The second kappa shape index (κ2) is 15.7. The molecule has 0 amide bonds. The van der Waals surface area contributed by atoms with Crippen molar-refractivity contribution in [3.63, 3.8) is 0 Å². The Kier molecular flexibility index (Phi) is 12.6. The second-order valence-corrected chi connectivity index (χ2v) is 16.3. The molecule has 0 aliphatic heterocycles. The minimum absolute atomic E-state index is 0.186. The van der Waals surface area contributed by atoms with Crippen LogP contribution in [0.25, 0.3) is 6.08 Å². The van der Waals surface area contributed by atoms with Crippen LogP contribution in [0, 0.1) is 35.5 Å². The number of esters is 1. The number of nitrogens with zero attached hydrogens (tertiary/aromatic N) is 1. The molecule has 0 saturated heterocycles. The van der Waals surface area contributed by atoms with E-state index in [4.69, 9.17) is 37.0 Å². The van der Waals surface area contributed by atoms with Gasteiger partial charge in [-0.05, 0) is 104 Å². The van der Waals surface area contributed by atoms with Crippen LogP contribution < -0.4 is 0 Å². The van der Waals surface area contributed by atoms with Crippen molar-refractivity contribution in [1.82, 2.24) is 4.98 Å². The van der Waals surface area contributed by atoms with Crippen LogP contribution in [0.5, 0.6) is 0 Å². The van der Waals surface area contributed by atoms with E-state index in [-0.39, 0.29) is 24.0 Å². The molecule has 2 aliphatic rings. The zero-order chi connectivity index (χ0) is 32.0. The summed E-state index contributed by atoms with van der Waals surface area (Å²) in [6, 6.07) is 8.51. The molecule has 44 heavy (non-hydrogen) atoms. The van der Waals surface area contributed by atoms with Crippen molar-refractivity contribution in [2.75, 3.05) is 0 Å². The fourth-order valence-electron chi connectivity index (χ4n) is 6.42. The third-order valence-electron chi connectivity index (χ3n) is 9.62. The normalized spacial score (nSPS) is 28.2. The number of carbonyl (C=O) groups excluding carboxylic acids is 1. The first-order valence-corrected chi connectivity index (χ1v) is 18.4. The fourth-order valence-corrected chi connectivity index (χ4v) is 9.26. The maximum atomic E-state index is 15.4. The summed E-state index contributed by atoms with van der Waals surface area (Å²) in [5.74, 6) is 0.271. The maximum absolute atomic E-state index is 15.4. The molecule has 7 atom stereocenters. The van der Waals surface area contributed by atoms with Crippen molar-refractivity contribution in [2.45, 2.75) is 98.1 Å². The van der Waals surface area contributed by atoms with E-state index in [0.717, 1.165) is 38.5 Å². The number of hydrogen-bond donors (Lipinski definition) is 0. The Balaban J connectivity index is 1.70. The van der Waals surface area contributed by atoms with Gasteiger partial charge in [0.25, 0.3) is 0 Å². The SMILES string of the molecule is CC(C)C1CCC(C)C(OP(=O)(OC2CC(C(C)C)CCC2C)C(OC(=O)/C=C/c2ccc(Cl)cc2Cl)c2cccnc2)C1. The van der Waals surface area contributed by atoms with E-state index in [0.29, 0.717) is 44.8 Å². The molecule has 4 rings (SSSR count). The van der Waals surface area contributed by atoms with Gasteiger partial charge in [-0.15, -0.1) is 0 Å². The van der Waals surface area contributed by atoms with Crippen LogP contribution >= 0.6 is 30.8 Å². The summed E-state index contributed by atoms with van der Waals surface area (Å²) in [6.45, 7) is 13.2. The van der Waals surface area contributed by atoms with E-state index in [1.807, 2.05) is 0 Å². The lowest BCUT2D eigenvalue weighted by Gasteiger charge is -2.42. The lowest BCUT2D eigenvalue weighted by molar-refractivity contribution is -0.141. The summed E-state index contributed by atoms with van der Waals surface area (Å²) in [6.07, 6.45) is 11.2. The predicted octanol–water partition coefficient (Wildman–Crippen LogP) is 10.8. The van der Waals surface area contributed by atoms with E-state index in [9.17, 15) is 4.79 Å². The maximum Gasteiger partial charge on any atom is 0.376 e. The van der Waals surface area contributed by atoms with Crippen LogP contribution in [0.2, 0.25) is 10.0 Å². The highest BCUT2D eigenvalue weighted by atomic mass is 35.5. The topological polar surface area (TPSA) is 74.7 Å². The molecule has 2 aliphatic carbocycles. The summed E-state index contributed by atoms with van der Waals surface area (Å²) in [4.78, 5) is 17.7. The quantitative estimate of drug-likeness (QED) is 0.135. The standard InChI is InChI=1S/C35H48Cl2NO5P/c1-22(2)27-11-9-24(5)32(18-27)42-44(40,43-33-19-28(23(3)4)12-10-25(33)6)35(29-8-7-17-38-21-29)41-34(39)16-14-26-13-15-30(36)20-31(26)37/h7-8,13-17,20-25,27-28,32-33,35H,9-12,18-19H2,1-6H3/b16-14+. The van der Waals surface area contributed by atoms with Gasteiger partial charge in [0, 0.05) is 34.1 Å². The number of benzene rings is 1. The van der Waals surface area contributed by atoms with Gasteiger partial charge in [0.15, 0.2) is 0 Å². The van der Waals surface area contributed by atoms with Crippen molar-refractivity contribution >= 4 is 42.8 Å². The number of halogens is 2. The minimum atomic E-state index is -4.10. The Bertz CT molecular complexity index is 1280. The molecule has 7 unspecified atom stereocenters. The smallest absolute Gasteiger partial charge is 0.376 e. The van der Waals surface area contributed by atoms with Crippen LogP contribution in [0.4, 0.5) is 0 Å². The molecule has 2 saturated carbocycles. The summed E-state index contributed by atoms with van der Waals surface area (Å²) >= 11 is 12.4. The van der Waals surface area contributed by atoms with Gasteiger partial charge in [0.2, 0.25) is 5.85 Å². The molecule has 0 N–H and O–H groups in total. The van der Waals surface area contributed by atoms with Gasteiger partial charge in [-0.25, -0.2) is 4.79 Å². The molecule has 0 spiro atoms. The summed E-state index contributed by atoms with van der Waals surface area (Å²) in [5.41, 5.74) is 1.07. The van der Waals surface area contributed by atoms with E-state index in [1.54, 1.807) is 48.8 Å². The average Bonchev–Trinajstić information content (AvgIpc) is 2.98. The summed E-state index contributed by atoms with van der Waals surface area (Å²) in [7, 11) is -4.10. The molecule has 2 aromatic rings. The van der Waals surface area contributed by atoms with Crippen molar-refractivity contribution < 1.29 is 23.1 Å². The van der Waals surface area contributed by atoms with Gasteiger partial charge >= 0.3 is 13.6 Å². The van der Waals surface area contributed by atoms with Gasteiger partial charge < -0.3 is 13.8 Å². The monoisotopic (exact) mass is 663 g/mol. The lowest BCUT2D eigenvalue weighted by atomic mass is 9.76. The van der Waals surface area contributed by atoms with Crippen molar-refractivity contribution in [2.24, 2.45) is 35.5 Å². The van der Waals surface area contributed by atoms with Gasteiger partial charge in [-0.1, -0.05) is 76.9 Å². The number of hydrogen-bond acceptors (Lipinski definition) is 6. The third kappa shape index (κ3) is 9.19. The highest BCUT2D eigenvalue weighted by Crippen LogP contribution is 2.65. The highest BCUT2D eigenvalue weighted by Gasteiger charge is 2.48. The Morgan fingerprint density at radius 1 is 0.932 bits per heavy atom. The van der Waals surface area contributed by atoms with E-state index < -0.39 is 19.4 Å². The zero-order valence-corrected chi connectivity index (χ0v) is 29.2. The zero-order valence-electron chi connectivity index (χ0n) is 26.8. The Morgan fingerprint density at radius 3 is 2.02 bits per heavy atom. The lowest BCUT2D eigenvalue weighted by Crippen LogP contribution is -2.35. The Hall–Kier alpha value is -1.69. The molecular weight excluding hydrogens is 616 g/mol. The number of carbonyl (C=O) groups is 1. The van der Waals surface area contributed by atoms with Crippen LogP contribution in [0.1, 0.15) is 97.0 Å². The Morgan fingerprint density at radius 2 is 1.52 bits per heavy atom. The summed E-state index contributed by atoms with van der Waals surface area (Å²) < 4.78 is 34.8. The van der Waals surface area contributed by atoms with Crippen LogP contribution in [-0.4, -0.2) is 23.2 Å². The van der Waals surface area contributed by atoms with Gasteiger partial charge in [-0.2, -0.15) is 0 Å². The second-order valence-electron chi connectivity index (χ2n) is 13.5. The highest BCUT2D eigenvalue weighted by molar-refractivity contribution is 7.54. The van der Waals surface area contributed by atoms with Crippen LogP contribution in [0.15, 0.2) is 48.8 Å². The van der Waals surface area contributed by atoms with Crippen molar-refractivity contribution in [3.05, 3.63) is 70.0 Å². The molecule has 0 bridgehead atoms. The fraction of sp³-hybridized carbons (Fsp3) is 0.600. The largest absolute Gasteiger partial charge is 0.441 e. The van der Waals surface area contributed by atoms with E-state index in [2.05, 4.69) is 46.5 Å². The first-order chi connectivity index (χ1) is 20.9. The first-order valence-electron chi connectivity index (χ1n) is 16.1. The predicted molar refractivity (Wildman–Crippen MR) is 179 cm³/mol. The van der Waals surface area contributed by atoms with Crippen LogP contribution in [-0.2, 0) is 23.1 Å². The molecular formula is C35H48Cl2NO5P. The van der Waals surface area contributed by atoms with Crippen molar-refractivity contribution in [1.29, 1.82) is 0 Å². The summed E-state index contributed by atoms with van der Waals surface area (Å²) in [5, 5.41) is 0.898. The molecule has 6 nitrogen and oxygen atoms in total. The molecule has 1 aromatic heterocycles. The molecule has 1 heterocycles. The molecule has 9 heteroatoms. The van der Waals surface area contributed by atoms with Crippen molar-refractivity contribution in [3.8, 4) is 0 Å². The van der Waals surface area contributed by atoms with E-state index >= 15 is 4.57 Å². The van der Waals surface area contributed by atoms with Gasteiger partial charge in [-0.3, -0.25) is 9.55 Å². The average molecular weight is 665 g/mol. The number of aromatic nitrogens is 1. The number of pyridine rings is 1. The van der Waals surface area contributed by atoms with Gasteiger partial charge in [0.1, 0.15) is 0 Å². The first kappa shape index (κ1) is 35.2. The van der Waals surface area contributed by atoms with Crippen LogP contribution in [0.3, 0.4) is 0 Å². The third-order valence-corrected chi connectivity index (χ3v) is 12.3. The minimum Gasteiger partial charge on any atom is -0.441 e. The van der Waals surface area contributed by atoms with Gasteiger partial charge in [0.05, 0.1) is 12.2 Å².